The van der Waals surface area contributed by atoms with Crippen LogP contribution in [0.25, 0.3) is 10.9 Å². The minimum absolute atomic E-state index is 0.0247. The first-order valence-corrected chi connectivity index (χ1v) is 11.9. The average Bonchev–Trinajstić information content (AvgIpc) is 3.21. The maximum Gasteiger partial charge on any atom is 0.341 e. The Kier molecular flexibility index (Phi) is 8.84. The summed E-state index contributed by atoms with van der Waals surface area (Å²) in [6.07, 6.45) is 12.9. The van der Waals surface area contributed by atoms with E-state index in [1.54, 1.807) is 0 Å². The van der Waals surface area contributed by atoms with Gasteiger partial charge in [0, 0.05) is 18.0 Å². The van der Waals surface area contributed by atoms with Crippen molar-refractivity contribution in [3.8, 4) is 0 Å². The molecule has 172 valence electrons. The van der Waals surface area contributed by atoms with E-state index in [4.69, 9.17) is 9.52 Å². The van der Waals surface area contributed by atoms with Crippen LogP contribution in [0.15, 0.2) is 37.7 Å². The number of aromatic carboxylic acids is 1. The van der Waals surface area contributed by atoms with E-state index in [1.165, 1.54) is 51.0 Å². The fraction of sp³-hybridized carbons (Fsp3) is 0.478. The molecule has 0 saturated carbocycles. The van der Waals surface area contributed by atoms with Crippen molar-refractivity contribution in [3.05, 3.63) is 45.8 Å². The van der Waals surface area contributed by atoms with E-state index in [0.717, 1.165) is 36.9 Å². The molecule has 3 rings (SSSR count). The molecular formula is C23H28FN3O4S. The van der Waals surface area contributed by atoms with E-state index in [2.05, 4.69) is 22.1 Å². The zero-order chi connectivity index (χ0) is 22.9. The molecule has 0 aliphatic carbocycles. The molecule has 1 aromatic carbocycles. The molecule has 2 aromatic heterocycles. The van der Waals surface area contributed by atoms with Gasteiger partial charge in [-0.25, -0.2) is 9.18 Å². The van der Waals surface area contributed by atoms with Crippen LogP contribution in [0, 0.1) is 5.82 Å². The number of carbonyl (C=O) groups is 1. The third-order valence-corrected chi connectivity index (χ3v) is 6.18. The van der Waals surface area contributed by atoms with Crippen molar-refractivity contribution in [3.63, 3.8) is 0 Å². The number of benzene rings is 1. The number of aryl methyl sites for hydroxylation is 1. The standard InChI is InChI=1S/C23H28FN3O4S/c1-2-3-4-5-6-7-8-9-10-11-20-26-27-23(31-20)32-19-13-18-15(12-17(19)24)21(28)16(14-25-18)22(29)30/h12-14H,2-11H2,1H3,(H,25,28)(H,29,30). The zero-order valence-corrected chi connectivity index (χ0v) is 19.0. The minimum atomic E-state index is -1.36. The molecule has 0 aliphatic heterocycles. The van der Waals surface area contributed by atoms with Crippen LogP contribution in [-0.2, 0) is 6.42 Å². The van der Waals surface area contributed by atoms with Crippen LogP contribution >= 0.6 is 11.8 Å². The number of hydrogen-bond donors (Lipinski definition) is 2. The third-order valence-electron chi connectivity index (χ3n) is 5.30. The lowest BCUT2D eigenvalue weighted by Crippen LogP contribution is -2.15. The van der Waals surface area contributed by atoms with Crippen molar-refractivity contribution in [1.82, 2.24) is 15.2 Å². The van der Waals surface area contributed by atoms with Crippen molar-refractivity contribution < 1.29 is 18.7 Å². The summed E-state index contributed by atoms with van der Waals surface area (Å²) in [5.41, 5.74) is -0.837. The molecule has 9 heteroatoms. The van der Waals surface area contributed by atoms with Gasteiger partial charge in [0.25, 0.3) is 5.22 Å². The average molecular weight is 462 g/mol. The maximum atomic E-state index is 14.5. The first-order chi connectivity index (χ1) is 15.5. The second-order valence-corrected chi connectivity index (χ2v) is 8.80. The molecule has 0 spiro atoms. The van der Waals surface area contributed by atoms with Crippen LogP contribution in [0.5, 0.6) is 0 Å². The number of aromatic nitrogens is 3. The van der Waals surface area contributed by atoms with Crippen LogP contribution in [0.1, 0.15) is 81.0 Å². The van der Waals surface area contributed by atoms with E-state index < -0.39 is 22.8 Å². The maximum absolute atomic E-state index is 14.5. The summed E-state index contributed by atoms with van der Waals surface area (Å²) in [5.74, 6) is -1.50. The lowest BCUT2D eigenvalue weighted by atomic mass is 10.1. The van der Waals surface area contributed by atoms with Gasteiger partial charge < -0.3 is 14.5 Å². The number of unbranched alkanes of at least 4 members (excludes halogenated alkanes) is 8. The van der Waals surface area contributed by atoms with Gasteiger partial charge in [0.1, 0.15) is 11.4 Å². The number of rotatable bonds is 13. The molecule has 0 saturated heterocycles. The molecule has 32 heavy (non-hydrogen) atoms. The smallest absolute Gasteiger partial charge is 0.341 e. The SMILES string of the molecule is CCCCCCCCCCCc1nnc(Sc2cc3[nH]cc(C(=O)O)c(=O)c3cc2F)o1. The predicted molar refractivity (Wildman–Crippen MR) is 121 cm³/mol. The van der Waals surface area contributed by atoms with Gasteiger partial charge in [-0.1, -0.05) is 58.3 Å². The second-order valence-electron chi connectivity index (χ2n) is 7.81. The van der Waals surface area contributed by atoms with E-state index in [9.17, 15) is 14.0 Å². The highest BCUT2D eigenvalue weighted by atomic mass is 32.2. The van der Waals surface area contributed by atoms with Crippen molar-refractivity contribution >= 4 is 28.6 Å². The normalized spacial score (nSPS) is 11.3. The predicted octanol–water partition coefficient (Wildman–Crippen LogP) is 5.97. The fourth-order valence-electron chi connectivity index (χ4n) is 3.52. The molecule has 3 aromatic rings. The first kappa shape index (κ1) is 24.0. The van der Waals surface area contributed by atoms with Gasteiger partial charge in [-0.15, -0.1) is 10.2 Å². The number of nitrogens with zero attached hydrogens (tertiary/aromatic N) is 2. The second kappa shape index (κ2) is 11.8. The zero-order valence-electron chi connectivity index (χ0n) is 18.2. The number of carboxylic acids is 1. The summed E-state index contributed by atoms with van der Waals surface area (Å²) in [4.78, 5) is 26.2. The molecule has 0 amide bonds. The summed E-state index contributed by atoms with van der Waals surface area (Å²) in [6.45, 7) is 2.22. The molecule has 2 N–H and O–H groups in total. The summed E-state index contributed by atoms with van der Waals surface area (Å²) in [7, 11) is 0. The number of hydrogen-bond acceptors (Lipinski definition) is 6. The molecule has 0 unspecified atom stereocenters. The van der Waals surface area contributed by atoms with Crippen LogP contribution in [0.3, 0.4) is 0 Å². The highest BCUT2D eigenvalue weighted by molar-refractivity contribution is 7.99. The van der Waals surface area contributed by atoms with Crippen molar-refractivity contribution in [2.45, 2.75) is 81.3 Å². The Labute approximate surface area is 189 Å². The topological polar surface area (TPSA) is 109 Å². The van der Waals surface area contributed by atoms with Crippen molar-refractivity contribution in [1.29, 1.82) is 0 Å². The number of carboxylic acid groups (broad SMARTS) is 1. The van der Waals surface area contributed by atoms with Gasteiger partial charge >= 0.3 is 5.97 Å². The van der Waals surface area contributed by atoms with Crippen LogP contribution < -0.4 is 5.43 Å². The monoisotopic (exact) mass is 461 g/mol. The molecule has 0 fully saturated rings. The Morgan fingerprint density at radius 3 is 2.47 bits per heavy atom. The van der Waals surface area contributed by atoms with Crippen molar-refractivity contribution in [2.75, 3.05) is 0 Å². The molecular weight excluding hydrogens is 433 g/mol. The summed E-state index contributed by atoms with van der Waals surface area (Å²) in [6, 6.07) is 2.47. The quantitative estimate of drug-likeness (QED) is 0.302. The largest absolute Gasteiger partial charge is 0.477 e. The van der Waals surface area contributed by atoms with Crippen LogP contribution in [0.2, 0.25) is 0 Å². The molecule has 0 aliphatic rings. The van der Waals surface area contributed by atoms with E-state index >= 15 is 0 Å². The molecule has 0 bridgehead atoms. The molecule has 7 nitrogen and oxygen atoms in total. The minimum Gasteiger partial charge on any atom is -0.477 e. The van der Waals surface area contributed by atoms with Gasteiger partial charge in [0.2, 0.25) is 11.3 Å². The lowest BCUT2D eigenvalue weighted by molar-refractivity contribution is 0.0695. The van der Waals surface area contributed by atoms with Gasteiger partial charge in [-0.3, -0.25) is 4.79 Å². The van der Waals surface area contributed by atoms with E-state index in [0.29, 0.717) is 17.8 Å². The number of aromatic amines is 1. The molecule has 0 radical (unpaired) electrons. The third kappa shape index (κ3) is 6.41. The number of pyridine rings is 1. The number of halogens is 1. The summed E-state index contributed by atoms with van der Waals surface area (Å²) in [5, 5.41) is 17.2. The number of nitrogens with one attached hydrogen (secondary N) is 1. The van der Waals surface area contributed by atoms with E-state index in [-0.39, 0.29) is 15.5 Å². The van der Waals surface area contributed by atoms with Gasteiger partial charge in [0.05, 0.1) is 10.4 Å². The highest BCUT2D eigenvalue weighted by Gasteiger charge is 2.16. The van der Waals surface area contributed by atoms with E-state index in [1.807, 2.05) is 0 Å². The van der Waals surface area contributed by atoms with Crippen molar-refractivity contribution in [2.24, 2.45) is 0 Å². The Bertz CT molecular complexity index is 1110. The van der Waals surface area contributed by atoms with Gasteiger partial charge in [-0.05, 0) is 30.3 Å². The summed E-state index contributed by atoms with van der Waals surface area (Å²) < 4.78 is 20.2. The lowest BCUT2D eigenvalue weighted by Gasteiger charge is -2.04. The van der Waals surface area contributed by atoms with Gasteiger partial charge in [-0.2, -0.15) is 0 Å². The van der Waals surface area contributed by atoms with Crippen LogP contribution in [-0.4, -0.2) is 26.3 Å². The number of H-pyrrole nitrogens is 1. The first-order valence-electron chi connectivity index (χ1n) is 11.1. The molecule has 0 atom stereocenters. The van der Waals surface area contributed by atoms with Crippen LogP contribution in [0.4, 0.5) is 4.39 Å². The Morgan fingerprint density at radius 2 is 1.78 bits per heavy atom. The molecule has 2 heterocycles. The Hall–Kier alpha value is -2.68. The number of fused-ring (bicyclic) bond motifs is 1. The highest BCUT2D eigenvalue weighted by Crippen LogP contribution is 2.31. The Morgan fingerprint density at radius 1 is 1.09 bits per heavy atom. The van der Waals surface area contributed by atoms with Gasteiger partial charge in [0.15, 0.2) is 0 Å². The summed E-state index contributed by atoms with van der Waals surface area (Å²) >= 11 is 0.969. The fourth-order valence-corrected chi connectivity index (χ4v) is 4.26. The Balaban J connectivity index is 1.53.